The van der Waals surface area contributed by atoms with Gasteiger partial charge < -0.3 is 20.5 Å². The Morgan fingerprint density at radius 1 is 1.08 bits per heavy atom. The molecule has 3 aliphatic rings. The van der Waals surface area contributed by atoms with E-state index in [2.05, 4.69) is 27.2 Å². The van der Waals surface area contributed by atoms with Gasteiger partial charge in [-0.05, 0) is 91.5 Å². The Kier molecular flexibility index (Phi) is 11.6. The predicted octanol–water partition coefficient (Wildman–Crippen LogP) is 9.03. The van der Waals surface area contributed by atoms with Crippen molar-refractivity contribution >= 4 is 40.1 Å². The summed E-state index contributed by atoms with van der Waals surface area (Å²) in [7, 11) is 0. The van der Waals surface area contributed by atoms with E-state index in [-0.39, 0.29) is 63.0 Å². The molecule has 1 unspecified atom stereocenters. The molecule has 8 nitrogen and oxygen atoms in total. The van der Waals surface area contributed by atoms with Gasteiger partial charge >= 0.3 is 12.4 Å². The summed E-state index contributed by atoms with van der Waals surface area (Å²) in [5.74, 6) is -4.67. The molecule has 2 aliphatic carbocycles. The number of halogens is 11. The van der Waals surface area contributed by atoms with Crippen LogP contribution in [0, 0.1) is 35.3 Å². The number of fused-ring (bicyclic) bond motifs is 4. The number of amides is 1. The largest absolute Gasteiger partial charge is 0.615 e. The van der Waals surface area contributed by atoms with Crippen molar-refractivity contribution in [2.24, 2.45) is 17.6 Å². The van der Waals surface area contributed by atoms with Crippen LogP contribution in [-0.2, 0) is 41.0 Å². The Bertz CT molecular complexity index is 2520. The van der Waals surface area contributed by atoms with Gasteiger partial charge in [-0.25, -0.2) is 13.8 Å². The molecule has 3 N–H and O–H groups in total. The van der Waals surface area contributed by atoms with Gasteiger partial charge in [0.05, 0.1) is 28.7 Å². The van der Waals surface area contributed by atoms with E-state index in [9.17, 15) is 44.5 Å². The number of alkyl halides is 8. The molecule has 5 atom stereocenters. The van der Waals surface area contributed by atoms with Crippen LogP contribution in [0.1, 0.15) is 78.6 Å². The highest BCUT2D eigenvalue weighted by atomic mass is 35.5. The van der Waals surface area contributed by atoms with Gasteiger partial charge in [0.2, 0.25) is 5.91 Å². The summed E-state index contributed by atoms with van der Waals surface area (Å²) < 4.78 is 158. The summed E-state index contributed by atoms with van der Waals surface area (Å²) in [5.41, 5.74) is 2.92. The van der Waals surface area contributed by atoms with Crippen LogP contribution >= 0.6 is 11.6 Å². The highest BCUT2D eigenvalue weighted by Crippen LogP contribution is 2.71. The topological polar surface area (TPSA) is 112 Å². The fourth-order valence-corrected chi connectivity index (χ4v) is 8.77. The minimum Gasteiger partial charge on any atom is -0.615 e. The third-order valence-corrected chi connectivity index (χ3v) is 13.2. The van der Waals surface area contributed by atoms with Gasteiger partial charge in [0.25, 0.3) is 5.92 Å². The van der Waals surface area contributed by atoms with Gasteiger partial charge in [-0.15, -0.1) is 0 Å². The van der Waals surface area contributed by atoms with Crippen molar-refractivity contribution < 1.29 is 53.3 Å². The molecule has 1 saturated carbocycles. The second kappa shape index (κ2) is 16.0. The number of nitrogens with zero attached hydrogens (tertiary/aromatic N) is 4. The number of nitrogens with two attached hydrogens (primary N) is 1. The fraction of sp³-hybridized carbons (Fsp3) is 0.405. The maximum absolute atomic E-state index is 15.7. The van der Waals surface area contributed by atoms with Crippen molar-refractivity contribution in [3.63, 3.8) is 0 Å². The van der Waals surface area contributed by atoms with E-state index in [4.69, 9.17) is 17.3 Å². The smallest absolute Gasteiger partial charge is 0.435 e. The second-order valence-electron chi connectivity index (χ2n) is 16.0. The zero-order chi connectivity index (χ0) is 45.4. The zero-order valence-corrected chi connectivity index (χ0v) is 34.8. The predicted molar refractivity (Wildman–Crippen MR) is 212 cm³/mol. The molecule has 1 aliphatic heterocycles. The molecule has 2 aromatic heterocycles. The fourth-order valence-electron chi connectivity index (χ4n) is 8.32. The number of pyridine rings is 1. The van der Waals surface area contributed by atoms with Gasteiger partial charge in [-0.3, -0.25) is 9.48 Å². The van der Waals surface area contributed by atoms with Crippen LogP contribution in [0.2, 0.25) is 5.02 Å². The third-order valence-electron chi connectivity index (χ3n) is 11.3. The lowest BCUT2D eigenvalue weighted by molar-refractivity contribution is -0.142. The molecule has 0 radical (unpaired) electrons. The molecule has 0 spiro atoms. The molecule has 3 heterocycles. The van der Waals surface area contributed by atoms with Gasteiger partial charge in [0, 0.05) is 52.4 Å². The molecule has 62 heavy (non-hydrogen) atoms. The number of hydrogen-bond acceptors (Lipinski definition) is 6. The lowest BCUT2D eigenvalue weighted by Gasteiger charge is -2.30. The number of benzene rings is 2. The number of hydrogen-bond donors (Lipinski definition) is 2. The standard InChI is InChI=1S/C42H37ClF10N6O2S/c1-20-31-33-37(42(51,52)53)57-59(38(33)41(49,50)34(20)31)18-30(60)56-29(16-21-14-22(44)17-23(45)15-21)35-25(8-7-24(55-35)11-12-39(2,3)62(4)61)26-9-10-27(43)32-28(54)6-5-13-58(36(26)32)19-40(46,47)48/h6-10,14-15,17,20,29,31,34H,5,13,16,18-19,54H2,1-4H3,(H,56,60)/t20-,29+,31-,34-,62?/m1/s1. The van der Waals surface area contributed by atoms with E-state index in [0.29, 0.717) is 10.7 Å². The highest BCUT2D eigenvalue weighted by molar-refractivity contribution is 7.92. The van der Waals surface area contributed by atoms with Crippen molar-refractivity contribution in [2.75, 3.05) is 24.2 Å². The first-order chi connectivity index (χ1) is 28.8. The summed E-state index contributed by atoms with van der Waals surface area (Å²) in [4.78, 5) is 19.8. The molecule has 7 rings (SSSR count). The molecular weight excluding hydrogens is 878 g/mol. The first kappa shape index (κ1) is 45.1. The van der Waals surface area contributed by atoms with Crippen LogP contribution < -0.4 is 16.0 Å². The summed E-state index contributed by atoms with van der Waals surface area (Å²) in [6, 6.07) is 6.48. The second-order valence-corrected chi connectivity index (χ2v) is 18.4. The molecular formula is C42H37ClF10N6O2S. The number of nitrogens with one attached hydrogen (secondary N) is 1. The van der Waals surface area contributed by atoms with Crippen molar-refractivity contribution in [1.82, 2.24) is 20.1 Å². The molecule has 2 aromatic carbocycles. The van der Waals surface area contributed by atoms with Gasteiger partial charge in [0.1, 0.15) is 36.1 Å². The van der Waals surface area contributed by atoms with Crippen molar-refractivity contribution in [1.29, 1.82) is 0 Å². The van der Waals surface area contributed by atoms with E-state index in [1.165, 1.54) is 43.5 Å². The Balaban J connectivity index is 1.41. The summed E-state index contributed by atoms with van der Waals surface area (Å²) >= 11 is 5.11. The Labute approximate surface area is 357 Å². The molecule has 1 amide bonds. The zero-order valence-electron chi connectivity index (χ0n) is 33.2. The SMILES string of the molecule is C[C@@H]1[C@@H]2c3c(C(F)(F)F)nn(CC(=O)N[C@@H](Cc4cc(F)cc(F)c4)c4nc(C#CC(C)(C)[S+](C)[O-])ccc4-c4ccc(Cl)c5c4N(CC(F)(F)F)CCC=C5N)c3C(F)(F)[C@H]12. The molecule has 20 heteroatoms. The minimum absolute atomic E-state index is 0.00716. The number of anilines is 1. The number of carbonyl (C=O) groups is 1. The quantitative estimate of drug-likeness (QED) is 0.0986. The summed E-state index contributed by atoms with van der Waals surface area (Å²) in [5, 5.41) is 6.02. The maximum Gasteiger partial charge on any atom is 0.435 e. The molecule has 0 bridgehead atoms. The van der Waals surface area contributed by atoms with E-state index in [1.807, 2.05) is 0 Å². The molecule has 0 saturated heterocycles. The Morgan fingerprint density at radius 3 is 2.37 bits per heavy atom. The number of rotatable bonds is 9. The average molecular weight is 915 g/mol. The highest BCUT2D eigenvalue weighted by Gasteiger charge is 2.72. The van der Waals surface area contributed by atoms with E-state index in [1.54, 1.807) is 13.8 Å². The lowest BCUT2D eigenvalue weighted by Crippen LogP contribution is -2.36. The van der Waals surface area contributed by atoms with Gasteiger partial charge in [-0.2, -0.15) is 40.2 Å². The normalized spacial score (nSPS) is 20.2. The Morgan fingerprint density at radius 2 is 1.74 bits per heavy atom. The van der Waals surface area contributed by atoms with Crippen molar-refractivity contribution in [3.8, 4) is 23.0 Å². The van der Waals surface area contributed by atoms with Crippen molar-refractivity contribution in [2.45, 2.75) is 75.1 Å². The van der Waals surface area contributed by atoms with Crippen LogP contribution in [0.15, 0.2) is 48.5 Å². The number of aromatic nitrogens is 3. The lowest BCUT2D eigenvalue weighted by atomic mass is 9.91. The summed E-state index contributed by atoms with van der Waals surface area (Å²) in [6.45, 7) is 1.77. The van der Waals surface area contributed by atoms with Gasteiger partial charge in [-0.1, -0.05) is 30.7 Å². The van der Waals surface area contributed by atoms with Gasteiger partial charge in [0.15, 0.2) is 10.4 Å². The first-order valence-electron chi connectivity index (χ1n) is 19.1. The molecule has 1 fully saturated rings. The van der Waals surface area contributed by atoms with Crippen LogP contribution in [0.3, 0.4) is 0 Å². The van der Waals surface area contributed by atoms with Crippen LogP contribution in [0.25, 0.3) is 16.8 Å². The molecule has 330 valence electrons. The van der Waals surface area contributed by atoms with Crippen LogP contribution in [-0.4, -0.2) is 55.5 Å². The third kappa shape index (κ3) is 8.70. The van der Waals surface area contributed by atoms with E-state index >= 15 is 8.78 Å². The van der Waals surface area contributed by atoms with E-state index < -0.39 is 112 Å². The average Bonchev–Trinajstić information content (AvgIpc) is 3.62. The van der Waals surface area contributed by atoms with Crippen molar-refractivity contribution in [3.05, 3.63) is 105 Å². The Hall–Kier alpha value is -4.93. The number of carbonyl (C=O) groups excluding carboxylic acids is 1. The maximum atomic E-state index is 15.7. The monoisotopic (exact) mass is 914 g/mol. The van der Waals surface area contributed by atoms with Crippen LogP contribution in [0.5, 0.6) is 0 Å². The minimum atomic E-state index is -5.14. The summed E-state index contributed by atoms with van der Waals surface area (Å²) in [6.07, 6.45) is -7.36. The first-order valence-corrected chi connectivity index (χ1v) is 21.0. The molecule has 4 aromatic rings. The van der Waals surface area contributed by atoms with E-state index in [0.717, 1.165) is 17.0 Å². The van der Waals surface area contributed by atoms with Crippen LogP contribution in [0.4, 0.5) is 49.6 Å².